The fourth-order valence-corrected chi connectivity index (χ4v) is 4.08. The Morgan fingerprint density at radius 3 is 2.76 bits per heavy atom. The van der Waals surface area contributed by atoms with Crippen LogP contribution in [-0.4, -0.2) is 33.0 Å². The summed E-state index contributed by atoms with van der Waals surface area (Å²) in [7, 11) is 0. The topological polar surface area (TPSA) is 59.8 Å². The van der Waals surface area contributed by atoms with Crippen molar-refractivity contribution in [1.29, 1.82) is 0 Å². The quantitative estimate of drug-likeness (QED) is 0.794. The molecule has 0 aliphatic heterocycles. The van der Waals surface area contributed by atoms with Crippen LogP contribution in [0.25, 0.3) is 11.4 Å². The molecule has 134 valence electrons. The lowest BCUT2D eigenvalue weighted by Gasteiger charge is -2.25. The van der Waals surface area contributed by atoms with E-state index in [-0.39, 0.29) is 23.5 Å². The smallest absolute Gasteiger partial charge is 0.230 e. The average molecular weight is 362 g/mol. The molecule has 0 radical (unpaired) electrons. The number of thioether (sulfide) groups is 1. The fraction of sp³-hybridized carbons (Fsp3) is 0.500. The van der Waals surface area contributed by atoms with E-state index in [0.29, 0.717) is 23.1 Å². The van der Waals surface area contributed by atoms with Crippen molar-refractivity contribution >= 4 is 17.7 Å². The van der Waals surface area contributed by atoms with Crippen molar-refractivity contribution in [2.45, 2.75) is 50.2 Å². The molecule has 0 unspecified atom stereocenters. The Morgan fingerprint density at radius 1 is 1.28 bits per heavy atom. The monoisotopic (exact) mass is 362 g/mol. The molecule has 3 rings (SSSR count). The molecule has 1 aliphatic rings. The predicted molar refractivity (Wildman–Crippen MR) is 96.9 cm³/mol. The highest BCUT2D eigenvalue weighted by atomic mass is 32.2. The van der Waals surface area contributed by atoms with Crippen LogP contribution < -0.4 is 5.32 Å². The molecule has 0 atom stereocenters. The van der Waals surface area contributed by atoms with Crippen LogP contribution in [0.2, 0.25) is 0 Å². The highest BCUT2D eigenvalue weighted by Gasteiger charge is 2.25. The van der Waals surface area contributed by atoms with E-state index in [1.54, 1.807) is 18.2 Å². The third-order valence-corrected chi connectivity index (χ3v) is 5.37. The van der Waals surface area contributed by atoms with Crippen LogP contribution in [0.5, 0.6) is 0 Å². The van der Waals surface area contributed by atoms with Crippen LogP contribution in [0.1, 0.15) is 45.1 Å². The number of nitrogens with one attached hydrogen (secondary N) is 1. The summed E-state index contributed by atoms with van der Waals surface area (Å²) >= 11 is 1.36. The molecule has 1 heterocycles. The van der Waals surface area contributed by atoms with Crippen LogP contribution in [-0.2, 0) is 4.79 Å². The van der Waals surface area contributed by atoms with Crippen LogP contribution in [0, 0.1) is 5.82 Å². The number of aromatic nitrogens is 3. The van der Waals surface area contributed by atoms with Gasteiger partial charge in [0.15, 0.2) is 11.0 Å². The Hall–Kier alpha value is -1.89. The van der Waals surface area contributed by atoms with Gasteiger partial charge in [0, 0.05) is 12.6 Å². The molecule has 1 aromatic heterocycles. The van der Waals surface area contributed by atoms with Crippen molar-refractivity contribution < 1.29 is 9.18 Å². The molecule has 1 fully saturated rings. The molecule has 1 saturated carbocycles. The Morgan fingerprint density at radius 2 is 2.04 bits per heavy atom. The normalized spacial score (nSPS) is 15.3. The minimum absolute atomic E-state index is 0.0295. The maximum absolute atomic E-state index is 14.3. The first-order chi connectivity index (χ1) is 12.2. The van der Waals surface area contributed by atoms with Gasteiger partial charge in [0.25, 0.3) is 0 Å². The molecule has 1 N–H and O–H groups in total. The van der Waals surface area contributed by atoms with Gasteiger partial charge in [-0.25, -0.2) is 4.39 Å². The summed E-state index contributed by atoms with van der Waals surface area (Å²) in [5, 5.41) is 12.0. The van der Waals surface area contributed by atoms with Gasteiger partial charge in [-0.2, -0.15) is 0 Å². The molecule has 1 amide bonds. The second-order valence-electron chi connectivity index (χ2n) is 6.19. The Bertz CT molecular complexity index is 728. The van der Waals surface area contributed by atoms with E-state index in [1.807, 2.05) is 11.5 Å². The molecule has 0 saturated heterocycles. The van der Waals surface area contributed by atoms with Gasteiger partial charge in [-0.3, -0.25) is 9.36 Å². The van der Waals surface area contributed by atoms with E-state index < -0.39 is 0 Å². The van der Waals surface area contributed by atoms with Crippen molar-refractivity contribution in [2.75, 3.05) is 12.3 Å². The summed E-state index contributed by atoms with van der Waals surface area (Å²) in [6.07, 6.45) is 5.61. The highest BCUT2D eigenvalue weighted by molar-refractivity contribution is 7.99. The first-order valence-corrected chi connectivity index (χ1v) is 9.78. The van der Waals surface area contributed by atoms with Gasteiger partial charge in [0.1, 0.15) is 5.82 Å². The molecular formula is C18H23FN4OS. The summed E-state index contributed by atoms with van der Waals surface area (Å²) in [6, 6.07) is 6.91. The third-order valence-electron chi connectivity index (χ3n) is 4.43. The van der Waals surface area contributed by atoms with Crippen molar-refractivity contribution in [2.24, 2.45) is 0 Å². The SMILES string of the molecule is CCNC(=O)CSc1nnc(-c2ccccc2F)n1C1CCCCC1. The van der Waals surface area contributed by atoms with Crippen LogP contribution >= 0.6 is 11.8 Å². The molecule has 7 heteroatoms. The van der Waals surface area contributed by atoms with Crippen LogP contribution in [0.15, 0.2) is 29.4 Å². The molecule has 0 spiro atoms. The lowest BCUT2D eigenvalue weighted by molar-refractivity contribution is -0.118. The Balaban J connectivity index is 1.92. The van der Waals surface area contributed by atoms with Crippen LogP contribution in [0.3, 0.4) is 0 Å². The number of hydrogen-bond donors (Lipinski definition) is 1. The maximum atomic E-state index is 14.3. The average Bonchev–Trinajstić information content (AvgIpc) is 3.05. The summed E-state index contributed by atoms with van der Waals surface area (Å²) in [6.45, 7) is 2.50. The molecule has 25 heavy (non-hydrogen) atoms. The molecule has 0 bridgehead atoms. The summed E-state index contributed by atoms with van der Waals surface area (Å²) in [5.74, 6) is 0.518. The zero-order valence-electron chi connectivity index (χ0n) is 14.4. The maximum Gasteiger partial charge on any atom is 0.230 e. The Kier molecular flexibility index (Phi) is 6.07. The minimum Gasteiger partial charge on any atom is -0.356 e. The summed E-state index contributed by atoms with van der Waals surface area (Å²) < 4.78 is 16.3. The summed E-state index contributed by atoms with van der Waals surface area (Å²) in [5.41, 5.74) is 0.463. The first kappa shape index (κ1) is 17.9. The molecule has 1 aliphatic carbocycles. The fourth-order valence-electron chi connectivity index (χ4n) is 3.25. The zero-order valence-corrected chi connectivity index (χ0v) is 15.2. The van der Waals surface area contributed by atoms with Gasteiger partial charge in [0.05, 0.1) is 11.3 Å². The van der Waals surface area contributed by atoms with Gasteiger partial charge in [-0.15, -0.1) is 10.2 Å². The van der Waals surface area contributed by atoms with Gasteiger partial charge in [0.2, 0.25) is 5.91 Å². The van der Waals surface area contributed by atoms with E-state index in [1.165, 1.54) is 24.2 Å². The van der Waals surface area contributed by atoms with Gasteiger partial charge < -0.3 is 5.32 Å². The highest BCUT2D eigenvalue weighted by Crippen LogP contribution is 2.36. The third kappa shape index (κ3) is 4.21. The van der Waals surface area contributed by atoms with E-state index in [4.69, 9.17) is 0 Å². The van der Waals surface area contributed by atoms with Gasteiger partial charge >= 0.3 is 0 Å². The number of amides is 1. The summed E-state index contributed by atoms with van der Waals surface area (Å²) in [4.78, 5) is 11.8. The first-order valence-electron chi connectivity index (χ1n) is 8.80. The predicted octanol–water partition coefficient (Wildman–Crippen LogP) is 3.82. The number of rotatable bonds is 6. The van der Waals surface area contributed by atoms with Crippen molar-refractivity contribution in [1.82, 2.24) is 20.1 Å². The lowest BCUT2D eigenvalue weighted by Crippen LogP contribution is -2.24. The minimum atomic E-state index is -0.299. The van der Waals surface area contributed by atoms with Crippen LogP contribution in [0.4, 0.5) is 4.39 Å². The van der Waals surface area contributed by atoms with E-state index in [0.717, 1.165) is 25.7 Å². The van der Waals surface area contributed by atoms with E-state index in [2.05, 4.69) is 15.5 Å². The lowest BCUT2D eigenvalue weighted by atomic mass is 9.95. The van der Waals surface area contributed by atoms with Gasteiger partial charge in [-0.1, -0.05) is 43.2 Å². The number of hydrogen-bond acceptors (Lipinski definition) is 4. The molecule has 2 aromatic rings. The number of carbonyl (C=O) groups is 1. The van der Waals surface area contributed by atoms with E-state index >= 15 is 0 Å². The number of carbonyl (C=O) groups excluding carboxylic acids is 1. The van der Waals surface area contributed by atoms with Gasteiger partial charge in [-0.05, 0) is 31.9 Å². The second kappa shape index (κ2) is 8.47. The van der Waals surface area contributed by atoms with Crippen molar-refractivity contribution in [3.8, 4) is 11.4 Å². The van der Waals surface area contributed by atoms with Crippen molar-refractivity contribution in [3.05, 3.63) is 30.1 Å². The second-order valence-corrected chi connectivity index (χ2v) is 7.13. The number of benzene rings is 1. The number of halogens is 1. The van der Waals surface area contributed by atoms with E-state index in [9.17, 15) is 9.18 Å². The standard InChI is InChI=1S/C18H23FN4OS/c1-2-20-16(24)12-25-18-22-21-17(14-10-6-7-11-15(14)19)23(18)13-8-4-3-5-9-13/h6-7,10-11,13H,2-5,8-9,12H2,1H3,(H,20,24). The Labute approximate surface area is 151 Å². The molecule has 5 nitrogen and oxygen atoms in total. The van der Waals surface area contributed by atoms with Crippen molar-refractivity contribution in [3.63, 3.8) is 0 Å². The molecular weight excluding hydrogens is 339 g/mol. The number of nitrogens with zero attached hydrogens (tertiary/aromatic N) is 3. The largest absolute Gasteiger partial charge is 0.356 e. The zero-order chi connectivity index (χ0) is 17.6. The molecule has 1 aromatic carbocycles.